The van der Waals surface area contributed by atoms with E-state index in [0.717, 1.165) is 12.2 Å². The Balaban J connectivity index is 1.41. The second-order valence-electron chi connectivity index (χ2n) is 15.1. The van der Waals surface area contributed by atoms with Crippen LogP contribution in [0.1, 0.15) is 81.9 Å². The van der Waals surface area contributed by atoms with Crippen molar-refractivity contribution in [2.45, 2.75) is 50.0 Å². The molecule has 4 aromatic rings. The van der Waals surface area contributed by atoms with Crippen molar-refractivity contribution >= 4 is 58.1 Å². The lowest BCUT2D eigenvalue weighted by atomic mass is 9.80. The van der Waals surface area contributed by atoms with Gasteiger partial charge in [0.2, 0.25) is 11.1 Å². The number of carbonyl (C=O) groups is 6. The number of benzene rings is 4. The highest BCUT2D eigenvalue weighted by molar-refractivity contribution is 6.27. The molecule has 10 N–H and O–H groups in total. The van der Waals surface area contributed by atoms with Gasteiger partial charge in [0, 0.05) is 23.3 Å². The molecule has 2 aliphatic heterocycles. The Hall–Kier alpha value is -7.82. The molecule has 2 heterocycles. The highest BCUT2D eigenvalue weighted by Gasteiger charge is 2.56. The van der Waals surface area contributed by atoms with Crippen molar-refractivity contribution in [2.24, 2.45) is 0 Å². The smallest absolute Gasteiger partial charge is 0.337 e. The van der Waals surface area contributed by atoms with Gasteiger partial charge >= 0.3 is 11.9 Å². The first-order valence-corrected chi connectivity index (χ1v) is 19.2. The van der Waals surface area contributed by atoms with Crippen LogP contribution >= 0.6 is 0 Å². The van der Waals surface area contributed by atoms with E-state index < -0.39 is 58.6 Å². The van der Waals surface area contributed by atoms with Crippen LogP contribution in [0.15, 0.2) is 120 Å². The maximum Gasteiger partial charge on any atom is 0.337 e. The largest absolute Gasteiger partial charge is 0.508 e. The lowest BCUT2D eigenvalue weighted by Gasteiger charge is -2.31. The number of ketones is 2. The summed E-state index contributed by atoms with van der Waals surface area (Å²) in [4.78, 5) is 82.2. The molecule has 0 saturated heterocycles. The first-order chi connectivity index (χ1) is 29.5. The van der Waals surface area contributed by atoms with Gasteiger partial charge in [0.1, 0.15) is 11.5 Å². The second kappa shape index (κ2) is 16.3. The van der Waals surface area contributed by atoms with E-state index in [1.165, 1.54) is 97.1 Å². The molecular weight excluding hydrogens is 801 g/mol. The predicted octanol–water partition coefficient (Wildman–Crippen LogP) is 5.72. The molecule has 316 valence electrons. The Morgan fingerprint density at radius 3 is 1.34 bits per heavy atom. The first-order valence-electron chi connectivity index (χ1n) is 19.2. The summed E-state index contributed by atoms with van der Waals surface area (Å²) >= 11 is 0. The number of phenols is 2. The van der Waals surface area contributed by atoms with Gasteiger partial charge in [0.25, 0.3) is 11.8 Å². The van der Waals surface area contributed by atoms with Gasteiger partial charge < -0.3 is 51.9 Å². The van der Waals surface area contributed by atoms with Crippen LogP contribution in [0.4, 0.5) is 22.7 Å². The standard InChI is InChI=1S/C46H40N4O12/c1-23-11-15-35(53)29-19-25(51)21-33-39(29)46(44(62)48-33,50-32-10-6-4-8-28(32)42(59)60)38(56)18-14-24(2)12-16-36(54)30-20-26(52)22-34-40(30)45(43(61)47-34,37(55)17-13-23)49-31-9-5-3-7-27(31)41(57)58/h3-14,17-22,35-36,49-54H,15-16H2,1-2H3,(H,47,61)(H,48,62)(H,57,58)(H,59,60)/b17-13-,18-14-,23-11-,24-12+/t35-,36-,45+,46-/m0/s1. The van der Waals surface area contributed by atoms with Crippen molar-refractivity contribution in [3.63, 3.8) is 0 Å². The fourth-order valence-corrected chi connectivity index (χ4v) is 7.96. The molecular formula is C46H40N4O12. The van der Waals surface area contributed by atoms with Gasteiger partial charge in [0.15, 0.2) is 11.6 Å². The number of amides is 2. The van der Waals surface area contributed by atoms with E-state index in [0.29, 0.717) is 11.1 Å². The van der Waals surface area contributed by atoms with Crippen LogP contribution < -0.4 is 21.3 Å². The maximum atomic E-state index is 14.6. The summed E-state index contributed by atoms with van der Waals surface area (Å²) < 4.78 is 0. The quantitative estimate of drug-likeness (QED) is 0.104. The van der Waals surface area contributed by atoms with Crippen molar-refractivity contribution in [1.82, 2.24) is 0 Å². The number of nitrogens with one attached hydrogen (secondary N) is 4. The summed E-state index contributed by atoms with van der Waals surface area (Å²) in [6.45, 7) is 3.15. The molecule has 4 aromatic carbocycles. The van der Waals surface area contributed by atoms with Crippen LogP contribution in [0, 0.1) is 0 Å². The molecule has 4 atom stereocenters. The number of phenolic OH excluding ortho intramolecular Hbond substituents is 2. The van der Waals surface area contributed by atoms with Gasteiger partial charge in [-0.25, -0.2) is 9.59 Å². The normalized spacial score (nSPS) is 25.1. The number of rotatable bonds is 6. The third kappa shape index (κ3) is 7.37. The van der Waals surface area contributed by atoms with Crippen LogP contribution in [-0.2, 0) is 30.3 Å². The molecule has 1 aliphatic carbocycles. The Morgan fingerprint density at radius 2 is 0.968 bits per heavy atom. The molecule has 2 amide bonds. The van der Waals surface area contributed by atoms with Gasteiger partial charge in [0.05, 0.1) is 46.1 Å². The van der Waals surface area contributed by atoms with Crippen LogP contribution in [0.2, 0.25) is 0 Å². The number of para-hydroxylation sites is 2. The second-order valence-corrected chi connectivity index (χ2v) is 15.1. The van der Waals surface area contributed by atoms with Crippen LogP contribution in [0.3, 0.4) is 0 Å². The summed E-state index contributed by atoms with van der Waals surface area (Å²) in [5, 5.41) is 76.0. The minimum atomic E-state index is -2.38. The van der Waals surface area contributed by atoms with E-state index >= 15 is 0 Å². The first kappa shape index (κ1) is 42.3. The number of aliphatic hydroxyl groups excluding tert-OH is 2. The summed E-state index contributed by atoms with van der Waals surface area (Å²) in [5.41, 5.74) is -5.14. The molecule has 0 bridgehead atoms. The van der Waals surface area contributed by atoms with E-state index in [1.807, 2.05) is 0 Å². The van der Waals surface area contributed by atoms with Crippen molar-refractivity contribution in [2.75, 3.05) is 21.3 Å². The van der Waals surface area contributed by atoms with E-state index in [-0.39, 0.29) is 80.5 Å². The minimum Gasteiger partial charge on any atom is -0.508 e. The number of allylic oxidation sites excluding steroid dienone is 4. The molecule has 3 aliphatic rings. The SMILES string of the molecule is CC1=C/C[C@H](O)c2cc(O)cc3c2[C@@](Nc2ccccc2C(=O)O)(C(=O)/C=C\C(C)=C\C[C@H](O)c2cc(O)cc4c2[C@](Nc2ccccc2C(=O)O)(C(=O)/C=C\1)C(=O)N4)C(=O)N3. The van der Waals surface area contributed by atoms with E-state index in [2.05, 4.69) is 21.3 Å². The summed E-state index contributed by atoms with van der Waals surface area (Å²) in [6, 6.07) is 16.0. The Kier molecular flexibility index (Phi) is 11.1. The molecule has 62 heavy (non-hydrogen) atoms. The number of aromatic hydroxyl groups is 2. The van der Waals surface area contributed by atoms with Crippen LogP contribution in [0.25, 0.3) is 0 Å². The summed E-state index contributed by atoms with van der Waals surface area (Å²) in [7, 11) is 0. The fraction of sp³-hybridized carbons (Fsp3) is 0.174. The zero-order valence-corrected chi connectivity index (χ0v) is 33.1. The number of aromatic carboxylic acids is 2. The molecule has 0 fully saturated rings. The van der Waals surface area contributed by atoms with Gasteiger partial charge in [-0.05, 0) is 86.4 Å². The van der Waals surface area contributed by atoms with E-state index in [4.69, 9.17) is 0 Å². The highest BCUT2D eigenvalue weighted by atomic mass is 16.4. The zero-order chi connectivity index (χ0) is 44.7. The van der Waals surface area contributed by atoms with Gasteiger partial charge in [-0.2, -0.15) is 0 Å². The average Bonchev–Trinajstić information content (AvgIpc) is 3.67. The topological polar surface area (TPSA) is 272 Å². The molecule has 16 heteroatoms. The number of hydrogen-bond acceptors (Lipinski definition) is 12. The molecule has 16 nitrogen and oxygen atoms in total. The van der Waals surface area contributed by atoms with Gasteiger partial charge in [-0.15, -0.1) is 0 Å². The molecule has 7 rings (SSSR count). The summed E-state index contributed by atoms with van der Waals surface area (Å²) in [6.07, 6.45) is 4.35. The van der Waals surface area contributed by atoms with Crippen LogP contribution in [0.5, 0.6) is 11.5 Å². The van der Waals surface area contributed by atoms with Gasteiger partial charge in [-0.1, -0.05) is 59.7 Å². The average molecular weight is 841 g/mol. The zero-order valence-electron chi connectivity index (χ0n) is 33.1. The number of aliphatic hydroxyl groups is 2. The predicted molar refractivity (Wildman–Crippen MR) is 226 cm³/mol. The maximum absolute atomic E-state index is 14.6. The minimum absolute atomic E-state index is 0.0341. The number of carbonyl (C=O) groups excluding carboxylic acids is 4. The molecule has 0 radical (unpaired) electrons. The van der Waals surface area contributed by atoms with Gasteiger partial charge in [-0.3, -0.25) is 19.2 Å². The number of anilines is 4. The molecule has 0 saturated carbocycles. The Morgan fingerprint density at radius 1 is 0.597 bits per heavy atom. The Labute approximate surface area is 353 Å². The van der Waals surface area contributed by atoms with Crippen molar-refractivity contribution in [3.8, 4) is 11.5 Å². The van der Waals surface area contributed by atoms with E-state index in [9.17, 15) is 59.4 Å². The summed E-state index contributed by atoms with van der Waals surface area (Å²) in [5.74, 6) is -7.10. The number of carboxylic acids is 2. The van der Waals surface area contributed by atoms with Crippen molar-refractivity contribution in [1.29, 1.82) is 0 Å². The fourth-order valence-electron chi connectivity index (χ4n) is 7.96. The third-order valence-corrected chi connectivity index (χ3v) is 11.0. The van der Waals surface area contributed by atoms with Crippen LogP contribution in [-0.4, -0.2) is 66.0 Å². The lowest BCUT2D eigenvalue weighted by molar-refractivity contribution is -0.130. The molecule has 0 aromatic heterocycles. The van der Waals surface area contributed by atoms with Crippen molar-refractivity contribution < 1.29 is 59.4 Å². The number of carboxylic acid groups (broad SMARTS) is 2. The lowest BCUT2D eigenvalue weighted by Crippen LogP contribution is -2.49. The third-order valence-electron chi connectivity index (χ3n) is 11.0. The number of hydrogen-bond donors (Lipinski definition) is 10. The molecule has 0 spiro atoms. The van der Waals surface area contributed by atoms with E-state index in [1.54, 1.807) is 13.8 Å². The Bertz CT molecular complexity index is 2550. The van der Waals surface area contributed by atoms with Crippen molar-refractivity contribution in [3.05, 3.63) is 154 Å². The molecule has 0 unspecified atom stereocenters. The highest BCUT2D eigenvalue weighted by Crippen LogP contribution is 2.48. The monoisotopic (exact) mass is 840 g/mol.